The van der Waals surface area contributed by atoms with E-state index in [0.29, 0.717) is 17.2 Å². The Bertz CT molecular complexity index is 452. The van der Waals surface area contributed by atoms with Gasteiger partial charge in [-0.15, -0.1) is 0 Å². The minimum Gasteiger partial charge on any atom is -0.466 e. The average molecular weight is 258 g/mol. The van der Waals surface area contributed by atoms with Crippen LogP contribution in [0.15, 0.2) is 12.1 Å². The van der Waals surface area contributed by atoms with Crippen LogP contribution in [0, 0.1) is 11.3 Å². The smallest absolute Gasteiger partial charge is 0.310 e. The normalized spacial score (nSPS) is 9.62. The van der Waals surface area contributed by atoms with Gasteiger partial charge in [0.2, 0.25) is 0 Å². The van der Waals surface area contributed by atoms with E-state index in [1.807, 2.05) is 6.07 Å². The predicted octanol–water partition coefficient (Wildman–Crippen LogP) is 2.97. The highest BCUT2D eigenvalue weighted by Crippen LogP contribution is 2.25. The monoisotopic (exact) mass is 257 g/mol. The summed E-state index contributed by atoms with van der Waals surface area (Å²) < 4.78 is 4.79. The molecule has 0 heterocycles. The van der Waals surface area contributed by atoms with Gasteiger partial charge in [0, 0.05) is 5.02 Å². The van der Waals surface area contributed by atoms with Gasteiger partial charge in [0.05, 0.1) is 23.6 Å². The van der Waals surface area contributed by atoms with Crippen LogP contribution in [0.2, 0.25) is 10.0 Å². The maximum atomic E-state index is 11.3. The third-order valence-corrected chi connectivity index (χ3v) is 2.40. The molecule has 16 heavy (non-hydrogen) atoms. The van der Waals surface area contributed by atoms with Crippen LogP contribution in [0.5, 0.6) is 0 Å². The second-order valence-electron chi connectivity index (χ2n) is 3.02. The summed E-state index contributed by atoms with van der Waals surface area (Å²) in [6.07, 6.45) is -0.00296. The summed E-state index contributed by atoms with van der Waals surface area (Å²) in [5, 5.41) is 9.54. The number of nitrogens with zero attached hydrogens (tertiary/aromatic N) is 1. The van der Waals surface area contributed by atoms with E-state index in [2.05, 4.69) is 0 Å². The lowest BCUT2D eigenvalue weighted by Crippen LogP contribution is -2.08. The van der Waals surface area contributed by atoms with Crippen molar-refractivity contribution in [2.75, 3.05) is 6.61 Å². The first-order chi connectivity index (χ1) is 7.58. The summed E-state index contributed by atoms with van der Waals surface area (Å²) in [5.74, 6) is -0.405. The Morgan fingerprint density at radius 1 is 1.50 bits per heavy atom. The molecule has 3 nitrogen and oxygen atoms in total. The molecule has 0 unspecified atom stereocenters. The molecule has 5 heteroatoms. The minimum atomic E-state index is -0.405. The number of halogens is 2. The Balaban J connectivity index is 3.04. The molecule has 0 aliphatic carbocycles. The zero-order chi connectivity index (χ0) is 12.1. The molecule has 0 saturated carbocycles. The van der Waals surface area contributed by atoms with Gasteiger partial charge in [0.15, 0.2) is 0 Å². The lowest BCUT2D eigenvalue weighted by atomic mass is 10.1. The highest BCUT2D eigenvalue weighted by molar-refractivity contribution is 6.35. The predicted molar refractivity (Wildman–Crippen MR) is 61.5 cm³/mol. The Labute approximate surface area is 104 Å². The lowest BCUT2D eigenvalue weighted by Gasteiger charge is -2.06. The van der Waals surface area contributed by atoms with Crippen molar-refractivity contribution in [1.29, 1.82) is 5.26 Å². The van der Waals surface area contributed by atoms with Crippen LogP contribution in [0.25, 0.3) is 0 Å². The van der Waals surface area contributed by atoms with Crippen molar-refractivity contribution in [2.24, 2.45) is 0 Å². The van der Waals surface area contributed by atoms with E-state index in [4.69, 9.17) is 33.2 Å². The number of hydrogen-bond acceptors (Lipinski definition) is 3. The first-order valence-corrected chi connectivity index (χ1v) is 5.37. The van der Waals surface area contributed by atoms with Gasteiger partial charge < -0.3 is 4.74 Å². The van der Waals surface area contributed by atoms with E-state index in [1.54, 1.807) is 13.0 Å². The third-order valence-electron chi connectivity index (χ3n) is 1.89. The average Bonchev–Trinajstić information content (AvgIpc) is 2.17. The van der Waals surface area contributed by atoms with Gasteiger partial charge in [0.1, 0.15) is 6.07 Å². The summed E-state index contributed by atoms with van der Waals surface area (Å²) in [4.78, 5) is 11.3. The first kappa shape index (κ1) is 12.8. The fourth-order valence-corrected chi connectivity index (χ4v) is 1.84. The van der Waals surface area contributed by atoms with Crippen molar-refractivity contribution >= 4 is 29.2 Å². The number of hydrogen-bond donors (Lipinski definition) is 0. The van der Waals surface area contributed by atoms with E-state index >= 15 is 0 Å². The molecule has 0 N–H and O–H groups in total. The van der Waals surface area contributed by atoms with Crippen LogP contribution in [0.1, 0.15) is 18.1 Å². The topological polar surface area (TPSA) is 50.1 Å². The van der Waals surface area contributed by atoms with Crippen LogP contribution < -0.4 is 0 Å². The van der Waals surface area contributed by atoms with Crippen molar-refractivity contribution in [1.82, 2.24) is 0 Å². The van der Waals surface area contributed by atoms with E-state index in [-0.39, 0.29) is 17.0 Å². The van der Waals surface area contributed by atoms with E-state index in [0.717, 1.165) is 0 Å². The summed E-state index contributed by atoms with van der Waals surface area (Å²) >= 11 is 11.6. The molecule has 0 spiro atoms. The number of nitriles is 1. The summed E-state index contributed by atoms with van der Waals surface area (Å²) in [5.41, 5.74) is 0.748. The van der Waals surface area contributed by atoms with Crippen LogP contribution in [-0.2, 0) is 16.0 Å². The summed E-state index contributed by atoms with van der Waals surface area (Å²) in [6, 6.07) is 4.95. The molecule has 0 aromatic heterocycles. The Kier molecular flexibility index (Phi) is 4.60. The third kappa shape index (κ3) is 3.13. The number of esters is 1. The zero-order valence-electron chi connectivity index (χ0n) is 8.59. The van der Waals surface area contributed by atoms with Crippen molar-refractivity contribution in [3.8, 4) is 6.07 Å². The molecule has 0 saturated heterocycles. The number of benzene rings is 1. The molecular formula is C11H9Cl2NO2. The Morgan fingerprint density at radius 3 is 2.75 bits per heavy atom. The van der Waals surface area contributed by atoms with Gasteiger partial charge in [-0.25, -0.2) is 0 Å². The SMILES string of the molecule is CCOC(=O)Cc1cc(Cl)cc(Cl)c1C#N. The maximum Gasteiger partial charge on any atom is 0.310 e. The quantitative estimate of drug-likeness (QED) is 0.783. The van der Waals surface area contributed by atoms with Crippen LogP contribution in [0.4, 0.5) is 0 Å². The summed E-state index contributed by atoms with van der Waals surface area (Å²) in [6.45, 7) is 2.02. The number of carbonyl (C=O) groups is 1. The number of carbonyl (C=O) groups excluding carboxylic acids is 1. The fourth-order valence-electron chi connectivity index (χ4n) is 1.26. The van der Waals surface area contributed by atoms with E-state index in [1.165, 1.54) is 6.07 Å². The molecule has 0 fully saturated rings. The molecule has 84 valence electrons. The van der Waals surface area contributed by atoms with Crippen LogP contribution in [0.3, 0.4) is 0 Å². The summed E-state index contributed by atoms with van der Waals surface area (Å²) in [7, 11) is 0. The minimum absolute atomic E-state index is 0.00296. The first-order valence-electron chi connectivity index (χ1n) is 4.62. The van der Waals surface area contributed by atoms with Crippen molar-refractivity contribution in [3.63, 3.8) is 0 Å². The van der Waals surface area contributed by atoms with Crippen LogP contribution in [-0.4, -0.2) is 12.6 Å². The maximum absolute atomic E-state index is 11.3. The molecule has 0 bridgehead atoms. The van der Waals surface area contributed by atoms with Gasteiger partial charge in [-0.1, -0.05) is 23.2 Å². The highest BCUT2D eigenvalue weighted by atomic mass is 35.5. The molecule has 0 aliphatic heterocycles. The fraction of sp³-hybridized carbons (Fsp3) is 0.273. The standard InChI is InChI=1S/C11H9Cl2NO2/c1-2-16-11(15)4-7-3-8(12)5-10(13)9(7)6-14/h3,5H,2,4H2,1H3. The molecule has 1 aromatic carbocycles. The zero-order valence-corrected chi connectivity index (χ0v) is 10.1. The Morgan fingerprint density at radius 2 is 2.19 bits per heavy atom. The number of ether oxygens (including phenoxy) is 1. The molecule has 1 aromatic rings. The van der Waals surface area contributed by atoms with Gasteiger partial charge in [0.25, 0.3) is 0 Å². The van der Waals surface area contributed by atoms with Gasteiger partial charge >= 0.3 is 5.97 Å². The molecule has 0 amide bonds. The highest BCUT2D eigenvalue weighted by Gasteiger charge is 2.12. The van der Waals surface area contributed by atoms with Crippen molar-refractivity contribution in [3.05, 3.63) is 33.3 Å². The molecule has 0 radical (unpaired) electrons. The van der Waals surface area contributed by atoms with Gasteiger partial charge in [-0.05, 0) is 24.6 Å². The van der Waals surface area contributed by atoms with Gasteiger partial charge in [-0.3, -0.25) is 4.79 Å². The Hall–Kier alpha value is -1.24. The van der Waals surface area contributed by atoms with Crippen molar-refractivity contribution in [2.45, 2.75) is 13.3 Å². The lowest BCUT2D eigenvalue weighted by molar-refractivity contribution is -0.142. The number of rotatable bonds is 3. The largest absolute Gasteiger partial charge is 0.466 e. The van der Waals surface area contributed by atoms with Gasteiger partial charge in [-0.2, -0.15) is 5.26 Å². The van der Waals surface area contributed by atoms with Crippen LogP contribution >= 0.6 is 23.2 Å². The second-order valence-corrected chi connectivity index (χ2v) is 3.86. The molecule has 0 atom stereocenters. The van der Waals surface area contributed by atoms with Crippen molar-refractivity contribution < 1.29 is 9.53 Å². The molecule has 0 aliphatic rings. The molecule has 1 rings (SSSR count). The van der Waals surface area contributed by atoms with E-state index in [9.17, 15) is 4.79 Å². The second kappa shape index (κ2) is 5.74. The molecular weight excluding hydrogens is 249 g/mol. The van der Waals surface area contributed by atoms with E-state index < -0.39 is 5.97 Å².